The molecular weight excluding hydrogens is 236 g/mol. The highest BCUT2D eigenvalue weighted by Crippen LogP contribution is 2.15. The predicted molar refractivity (Wildman–Crippen MR) is 77.4 cm³/mol. The second-order valence-corrected chi connectivity index (χ2v) is 4.70. The number of ether oxygens (including phenoxy) is 1. The van der Waals surface area contributed by atoms with Gasteiger partial charge < -0.3 is 9.84 Å². The molecule has 19 heavy (non-hydrogen) atoms. The van der Waals surface area contributed by atoms with Crippen LogP contribution < -0.4 is 4.74 Å². The molecule has 0 atom stereocenters. The van der Waals surface area contributed by atoms with E-state index in [0.717, 1.165) is 24.2 Å². The third-order valence-electron chi connectivity index (χ3n) is 3.13. The van der Waals surface area contributed by atoms with Crippen LogP contribution in [0.5, 0.6) is 5.75 Å². The molecule has 2 rings (SSSR count). The van der Waals surface area contributed by atoms with Crippen molar-refractivity contribution in [1.29, 1.82) is 0 Å². The molecule has 2 nitrogen and oxygen atoms in total. The van der Waals surface area contributed by atoms with Crippen LogP contribution in [0.2, 0.25) is 0 Å². The molecule has 0 aliphatic heterocycles. The van der Waals surface area contributed by atoms with E-state index in [-0.39, 0.29) is 6.61 Å². The van der Waals surface area contributed by atoms with E-state index in [1.54, 1.807) is 0 Å². The van der Waals surface area contributed by atoms with Crippen molar-refractivity contribution in [2.24, 2.45) is 0 Å². The maximum atomic E-state index is 9.35. The molecule has 0 unspecified atom stereocenters. The van der Waals surface area contributed by atoms with E-state index in [0.29, 0.717) is 6.61 Å². The molecule has 0 saturated heterocycles. The van der Waals surface area contributed by atoms with Crippen LogP contribution in [-0.4, -0.2) is 11.7 Å². The lowest BCUT2D eigenvalue weighted by Gasteiger charge is -2.09. The minimum absolute atomic E-state index is 0.108. The summed E-state index contributed by atoms with van der Waals surface area (Å²) in [5, 5.41) is 9.35. The average Bonchev–Trinajstić information content (AvgIpc) is 2.46. The maximum absolute atomic E-state index is 9.35. The molecule has 0 heterocycles. The van der Waals surface area contributed by atoms with E-state index in [9.17, 15) is 5.11 Å². The van der Waals surface area contributed by atoms with E-state index >= 15 is 0 Å². The van der Waals surface area contributed by atoms with Gasteiger partial charge >= 0.3 is 0 Å². The summed E-state index contributed by atoms with van der Waals surface area (Å²) in [5.74, 6) is 0.911. The van der Waals surface area contributed by atoms with Crippen molar-refractivity contribution < 1.29 is 9.84 Å². The molecule has 0 bridgehead atoms. The summed E-state index contributed by atoms with van der Waals surface area (Å²) in [6.45, 7) is 2.85. The second-order valence-electron chi connectivity index (χ2n) is 4.70. The molecule has 2 aromatic rings. The SMILES string of the molecule is Cc1ccc(CCCOc2ccccc2)c(CO)c1. The Morgan fingerprint density at radius 3 is 2.53 bits per heavy atom. The third kappa shape index (κ3) is 4.11. The van der Waals surface area contributed by atoms with Crippen molar-refractivity contribution in [3.05, 3.63) is 65.2 Å². The third-order valence-corrected chi connectivity index (χ3v) is 3.13. The normalized spacial score (nSPS) is 10.4. The number of hydrogen-bond donors (Lipinski definition) is 1. The molecule has 0 amide bonds. The van der Waals surface area contributed by atoms with Gasteiger partial charge in [-0.15, -0.1) is 0 Å². The van der Waals surface area contributed by atoms with Crippen LogP contribution in [0.4, 0.5) is 0 Å². The molecule has 2 heteroatoms. The number of aliphatic hydroxyl groups excluding tert-OH is 1. The van der Waals surface area contributed by atoms with Crippen molar-refractivity contribution >= 4 is 0 Å². The molecule has 1 N–H and O–H groups in total. The van der Waals surface area contributed by atoms with Gasteiger partial charge in [-0.3, -0.25) is 0 Å². The van der Waals surface area contributed by atoms with E-state index in [4.69, 9.17) is 4.74 Å². The lowest BCUT2D eigenvalue weighted by molar-refractivity contribution is 0.279. The fraction of sp³-hybridized carbons (Fsp3) is 0.294. The molecule has 0 aliphatic carbocycles. The molecule has 0 saturated carbocycles. The highest BCUT2D eigenvalue weighted by atomic mass is 16.5. The quantitative estimate of drug-likeness (QED) is 0.802. The van der Waals surface area contributed by atoms with Crippen LogP contribution in [0.1, 0.15) is 23.1 Å². The Balaban J connectivity index is 1.83. The summed E-state index contributed by atoms with van der Waals surface area (Å²) in [6.07, 6.45) is 1.88. The van der Waals surface area contributed by atoms with E-state index in [1.807, 2.05) is 43.3 Å². The van der Waals surface area contributed by atoms with E-state index in [2.05, 4.69) is 12.1 Å². The fourth-order valence-corrected chi connectivity index (χ4v) is 2.12. The van der Waals surface area contributed by atoms with Crippen molar-refractivity contribution in [1.82, 2.24) is 0 Å². The Morgan fingerprint density at radius 2 is 1.79 bits per heavy atom. The van der Waals surface area contributed by atoms with Gasteiger partial charge in [0, 0.05) is 0 Å². The molecule has 0 aromatic heterocycles. The van der Waals surface area contributed by atoms with E-state index in [1.165, 1.54) is 11.1 Å². The van der Waals surface area contributed by atoms with Crippen LogP contribution in [-0.2, 0) is 13.0 Å². The average molecular weight is 256 g/mol. The number of para-hydroxylation sites is 1. The lowest BCUT2D eigenvalue weighted by atomic mass is 10.0. The summed E-state index contributed by atoms with van der Waals surface area (Å²) in [7, 11) is 0. The minimum atomic E-state index is 0.108. The Morgan fingerprint density at radius 1 is 1.00 bits per heavy atom. The molecule has 0 aliphatic rings. The van der Waals surface area contributed by atoms with Crippen molar-refractivity contribution in [3.63, 3.8) is 0 Å². The number of aliphatic hydroxyl groups is 1. The van der Waals surface area contributed by atoms with Gasteiger partial charge in [0.05, 0.1) is 13.2 Å². The number of aryl methyl sites for hydroxylation is 2. The number of hydrogen-bond acceptors (Lipinski definition) is 2. The second kappa shape index (κ2) is 6.95. The van der Waals surface area contributed by atoms with Gasteiger partial charge in [-0.25, -0.2) is 0 Å². The maximum Gasteiger partial charge on any atom is 0.119 e. The standard InChI is InChI=1S/C17H20O2/c1-14-9-10-15(16(12-14)13-18)6-5-11-19-17-7-3-2-4-8-17/h2-4,7-10,12,18H,5-6,11,13H2,1H3. The van der Waals surface area contributed by atoms with Crippen LogP contribution in [0.15, 0.2) is 48.5 Å². The highest BCUT2D eigenvalue weighted by molar-refractivity contribution is 5.31. The zero-order valence-electron chi connectivity index (χ0n) is 11.3. The van der Waals surface area contributed by atoms with Gasteiger partial charge in [0.15, 0.2) is 0 Å². The first-order chi connectivity index (χ1) is 9.29. The Labute approximate surface area is 114 Å². The van der Waals surface area contributed by atoms with Gasteiger partial charge in [0.25, 0.3) is 0 Å². The largest absolute Gasteiger partial charge is 0.494 e. The molecular formula is C17H20O2. The Hall–Kier alpha value is -1.80. The van der Waals surface area contributed by atoms with Gasteiger partial charge in [-0.05, 0) is 43.0 Å². The first-order valence-electron chi connectivity index (χ1n) is 6.66. The Bertz CT molecular complexity index is 506. The summed E-state index contributed by atoms with van der Waals surface area (Å²) in [6, 6.07) is 16.1. The summed E-state index contributed by atoms with van der Waals surface area (Å²) < 4.78 is 5.66. The number of benzene rings is 2. The first kappa shape index (κ1) is 13.6. The van der Waals surface area contributed by atoms with Crippen molar-refractivity contribution in [2.45, 2.75) is 26.4 Å². The van der Waals surface area contributed by atoms with E-state index < -0.39 is 0 Å². The molecule has 0 radical (unpaired) electrons. The molecule has 100 valence electrons. The molecule has 0 spiro atoms. The van der Waals surface area contributed by atoms with Gasteiger partial charge in [0.2, 0.25) is 0 Å². The smallest absolute Gasteiger partial charge is 0.119 e. The molecule has 2 aromatic carbocycles. The molecule has 0 fully saturated rings. The van der Waals surface area contributed by atoms with Crippen LogP contribution in [0.25, 0.3) is 0 Å². The summed E-state index contributed by atoms with van der Waals surface area (Å²) in [5.41, 5.74) is 3.43. The van der Waals surface area contributed by atoms with Crippen molar-refractivity contribution in [3.8, 4) is 5.75 Å². The minimum Gasteiger partial charge on any atom is -0.494 e. The van der Waals surface area contributed by atoms with Gasteiger partial charge in [-0.1, -0.05) is 42.0 Å². The zero-order valence-corrected chi connectivity index (χ0v) is 11.3. The van der Waals surface area contributed by atoms with Crippen LogP contribution in [0, 0.1) is 6.92 Å². The number of rotatable bonds is 6. The van der Waals surface area contributed by atoms with Gasteiger partial charge in [-0.2, -0.15) is 0 Å². The monoisotopic (exact) mass is 256 g/mol. The van der Waals surface area contributed by atoms with Crippen LogP contribution in [0.3, 0.4) is 0 Å². The highest BCUT2D eigenvalue weighted by Gasteiger charge is 2.02. The van der Waals surface area contributed by atoms with Crippen LogP contribution >= 0.6 is 0 Å². The lowest BCUT2D eigenvalue weighted by Crippen LogP contribution is -2.01. The summed E-state index contributed by atoms with van der Waals surface area (Å²) >= 11 is 0. The van der Waals surface area contributed by atoms with Crippen molar-refractivity contribution in [2.75, 3.05) is 6.61 Å². The fourth-order valence-electron chi connectivity index (χ4n) is 2.12. The Kier molecular flexibility index (Phi) is 4.99. The van der Waals surface area contributed by atoms with Gasteiger partial charge in [0.1, 0.15) is 5.75 Å². The first-order valence-corrected chi connectivity index (χ1v) is 6.66. The zero-order chi connectivity index (χ0) is 13.5. The topological polar surface area (TPSA) is 29.5 Å². The predicted octanol–water partition coefficient (Wildman–Crippen LogP) is 3.50. The summed E-state index contributed by atoms with van der Waals surface area (Å²) in [4.78, 5) is 0.